The number of carbonyl (C=O) groups is 2. The Morgan fingerprint density at radius 2 is 1.43 bits per heavy atom. The van der Waals surface area contributed by atoms with Crippen LogP contribution >= 0.6 is 0 Å². The Bertz CT molecular complexity index is 691. The average Bonchev–Trinajstić information content (AvgIpc) is 2.66. The minimum absolute atomic E-state index is 0.0244. The van der Waals surface area contributed by atoms with Crippen molar-refractivity contribution in [3.8, 4) is 0 Å². The number of piperazine rings is 1. The van der Waals surface area contributed by atoms with Crippen LogP contribution in [0.3, 0.4) is 0 Å². The van der Waals surface area contributed by atoms with E-state index in [4.69, 9.17) is 4.74 Å². The van der Waals surface area contributed by atoms with Crippen LogP contribution in [0.15, 0.2) is 24.3 Å². The number of hydrogen-bond acceptors (Lipinski definition) is 4. The summed E-state index contributed by atoms with van der Waals surface area (Å²) < 4.78 is 5.42. The van der Waals surface area contributed by atoms with Crippen LogP contribution in [0.2, 0.25) is 0 Å². The van der Waals surface area contributed by atoms with Crippen molar-refractivity contribution >= 4 is 12.0 Å². The third-order valence-corrected chi connectivity index (χ3v) is 5.40. The summed E-state index contributed by atoms with van der Waals surface area (Å²) in [6.07, 6.45) is 0.662. The zero-order valence-corrected chi connectivity index (χ0v) is 19.8. The molecule has 1 aromatic rings. The summed E-state index contributed by atoms with van der Waals surface area (Å²) >= 11 is 0. The first-order valence-corrected chi connectivity index (χ1v) is 11.1. The van der Waals surface area contributed by atoms with Crippen LogP contribution in [0.1, 0.15) is 64.4 Å². The number of ether oxygens (including phenoxy) is 1. The number of nitrogens with zero attached hydrogens (tertiary/aromatic N) is 3. The lowest BCUT2D eigenvalue weighted by molar-refractivity contribution is 0.0141. The van der Waals surface area contributed by atoms with E-state index in [0.717, 1.165) is 13.0 Å². The summed E-state index contributed by atoms with van der Waals surface area (Å²) in [6, 6.07) is 9.00. The molecule has 1 saturated heterocycles. The number of rotatable bonds is 6. The lowest BCUT2D eigenvalue weighted by atomic mass is 10.1. The molecule has 0 unspecified atom stereocenters. The smallest absolute Gasteiger partial charge is 0.410 e. The van der Waals surface area contributed by atoms with E-state index in [1.165, 1.54) is 5.56 Å². The molecule has 6 heteroatoms. The SMILES string of the molecule is CC(C)N(CCc1ccc(C(=O)N2CCN(C(=O)OC(C)(C)C)CC2)cc1)C(C)C. The molecule has 0 saturated carbocycles. The summed E-state index contributed by atoms with van der Waals surface area (Å²) in [4.78, 5) is 31.0. The molecule has 0 aliphatic carbocycles. The van der Waals surface area contributed by atoms with Gasteiger partial charge in [0.2, 0.25) is 0 Å². The van der Waals surface area contributed by atoms with E-state index in [0.29, 0.717) is 43.8 Å². The maximum absolute atomic E-state index is 12.8. The highest BCUT2D eigenvalue weighted by atomic mass is 16.6. The van der Waals surface area contributed by atoms with Crippen LogP contribution in [0, 0.1) is 0 Å². The predicted molar refractivity (Wildman–Crippen MR) is 121 cm³/mol. The van der Waals surface area contributed by atoms with Crippen molar-refractivity contribution in [3.05, 3.63) is 35.4 Å². The molecule has 1 fully saturated rings. The number of benzene rings is 1. The molecule has 2 rings (SSSR count). The molecule has 1 aliphatic rings. The van der Waals surface area contributed by atoms with E-state index in [1.54, 1.807) is 4.90 Å². The number of carbonyl (C=O) groups excluding carboxylic acids is 2. The quantitative estimate of drug-likeness (QED) is 0.701. The Balaban J connectivity index is 1.87. The third kappa shape index (κ3) is 7.01. The summed E-state index contributed by atoms with van der Waals surface area (Å²) in [5.41, 5.74) is 1.44. The first kappa shape index (κ1) is 24.2. The second-order valence-corrected chi connectivity index (χ2v) is 9.63. The summed E-state index contributed by atoms with van der Waals surface area (Å²) in [6.45, 7) is 17.5. The van der Waals surface area contributed by atoms with Gasteiger partial charge in [-0.05, 0) is 72.6 Å². The Morgan fingerprint density at radius 3 is 1.90 bits per heavy atom. The minimum Gasteiger partial charge on any atom is -0.444 e. The fraction of sp³-hybridized carbons (Fsp3) is 0.667. The Hall–Kier alpha value is -2.08. The van der Waals surface area contributed by atoms with Crippen LogP contribution in [0.25, 0.3) is 0 Å². The molecule has 2 amide bonds. The monoisotopic (exact) mass is 417 g/mol. The van der Waals surface area contributed by atoms with Crippen molar-refractivity contribution in [1.29, 1.82) is 0 Å². The average molecular weight is 418 g/mol. The predicted octanol–water partition coefficient (Wildman–Crippen LogP) is 4.04. The van der Waals surface area contributed by atoms with E-state index >= 15 is 0 Å². The molecule has 0 aromatic heterocycles. The van der Waals surface area contributed by atoms with Crippen molar-refractivity contribution in [1.82, 2.24) is 14.7 Å². The molecule has 30 heavy (non-hydrogen) atoms. The van der Waals surface area contributed by atoms with Crippen LogP contribution in [-0.2, 0) is 11.2 Å². The second-order valence-electron chi connectivity index (χ2n) is 9.63. The molecule has 1 aliphatic heterocycles. The molecule has 0 radical (unpaired) electrons. The highest BCUT2D eigenvalue weighted by Crippen LogP contribution is 2.15. The van der Waals surface area contributed by atoms with E-state index < -0.39 is 5.60 Å². The Kier molecular flexibility index (Phi) is 8.30. The number of amides is 2. The van der Waals surface area contributed by atoms with Gasteiger partial charge in [0, 0.05) is 50.4 Å². The second kappa shape index (κ2) is 10.3. The van der Waals surface area contributed by atoms with Gasteiger partial charge in [0.05, 0.1) is 0 Å². The Labute approximate surface area is 182 Å². The van der Waals surface area contributed by atoms with Gasteiger partial charge < -0.3 is 14.5 Å². The van der Waals surface area contributed by atoms with Crippen molar-refractivity contribution in [2.75, 3.05) is 32.7 Å². The van der Waals surface area contributed by atoms with Gasteiger partial charge >= 0.3 is 6.09 Å². The van der Waals surface area contributed by atoms with E-state index in [9.17, 15) is 9.59 Å². The van der Waals surface area contributed by atoms with Crippen molar-refractivity contribution in [3.63, 3.8) is 0 Å². The fourth-order valence-electron chi connectivity index (χ4n) is 3.79. The summed E-state index contributed by atoms with van der Waals surface area (Å²) in [5, 5.41) is 0. The van der Waals surface area contributed by atoms with Gasteiger partial charge in [0.15, 0.2) is 0 Å². The number of hydrogen-bond donors (Lipinski definition) is 0. The molecule has 0 spiro atoms. The lowest BCUT2D eigenvalue weighted by Gasteiger charge is -2.35. The molecule has 1 heterocycles. The van der Waals surface area contributed by atoms with Gasteiger partial charge in [-0.25, -0.2) is 4.79 Å². The zero-order chi connectivity index (χ0) is 22.5. The van der Waals surface area contributed by atoms with Crippen molar-refractivity contribution in [2.24, 2.45) is 0 Å². The molecular formula is C24H39N3O3. The standard InChI is InChI=1S/C24H39N3O3/c1-18(2)27(19(3)4)13-12-20-8-10-21(11-9-20)22(28)25-14-16-26(17-15-25)23(29)30-24(5,6)7/h8-11,18-19H,12-17H2,1-7H3. The molecule has 0 N–H and O–H groups in total. The van der Waals surface area contributed by atoms with Gasteiger partial charge in [-0.2, -0.15) is 0 Å². The zero-order valence-electron chi connectivity index (χ0n) is 19.8. The molecule has 168 valence electrons. The highest BCUT2D eigenvalue weighted by molar-refractivity contribution is 5.94. The fourth-order valence-corrected chi connectivity index (χ4v) is 3.79. The molecule has 0 atom stereocenters. The lowest BCUT2D eigenvalue weighted by Crippen LogP contribution is -2.51. The molecule has 0 bridgehead atoms. The van der Waals surface area contributed by atoms with Gasteiger partial charge in [-0.3, -0.25) is 9.69 Å². The third-order valence-electron chi connectivity index (χ3n) is 5.40. The summed E-state index contributed by atoms with van der Waals surface area (Å²) in [5.74, 6) is 0.0244. The van der Waals surface area contributed by atoms with E-state index in [2.05, 4.69) is 44.7 Å². The van der Waals surface area contributed by atoms with Gasteiger partial charge in [-0.15, -0.1) is 0 Å². The normalized spacial score (nSPS) is 15.3. The highest BCUT2D eigenvalue weighted by Gasteiger charge is 2.28. The topological polar surface area (TPSA) is 53.1 Å². The summed E-state index contributed by atoms with van der Waals surface area (Å²) in [7, 11) is 0. The largest absolute Gasteiger partial charge is 0.444 e. The first-order chi connectivity index (χ1) is 14.0. The van der Waals surface area contributed by atoms with E-state index in [-0.39, 0.29) is 12.0 Å². The molecule has 6 nitrogen and oxygen atoms in total. The molecular weight excluding hydrogens is 378 g/mol. The maximum atomic E-state index is 12.8. The van der Waals surface area contributed by atoms with Gasteiger partial charge in [0.1, 0.15) is 5.60 Å². The van der Waals surface area contributed by atoms with Crippen molar-refractivity contribution < 1.29 is 14.3 Å². The van der Waals surface area contributed by atoms with Crippen LogP contribution in [0.5, 0.6) is 0 Å². The maximum Gasteiger partial charge on any atom is 0.410 e. The van der Waals surface area contributed by atoms with E-state index in [1.807, 2.05) is 37.8 Å². The Morgan fingerprint density at radius 1 is 0.933 bits per heavy atom. The van der Waals surface area contributed by atoms with Crippen LogP contribution < -0.4 is 0 Å². The van der Waals surface area contributed by atoms with Crippen LogP contribution in [-0.4, -0.2) is 77.1 Å². The van der Waals surface area contributed by atoms with Crippen LogP contribution in [0.4, 0.5) is 4.79 Å². The van der Waals surface area contributed by atoms with Crippen molar-refractivity contribution in [2.45, 2.75) is 72.6 Å². The first-order valence-electron chi connectivity index (χ1n) is 11.1. The molecule has 1 aromatic carbocycles. The minimum atomic E-state index is -0.507. The van der Waals surface area contributed by atoms with Gasteiger partial charge in [-0.1, -0.05) is 12.1 Å². The van der Waals surface area contributed by atoms with Gasteiger partial charge in [0.25, 0.3) is 5.91 Å².